The molecular weight excluding hydrogens is 287 g/mol. The van der Waals surface area contributed by atoms with Crippen LogP contribution in [0.2, 0.25) is 10.0 Å². The van der Waals surface area contributed by atoms with Gasteiger partial charge in [-0.25, -0.2) is 4.98 Å². The number of aromatic nitrogens is 3. The Balaban J connectivity index is 1.94. The zero-order valence-corrected chi connectivity index (χ0v) is 11.2. The molecular formula is C12H10Cl2N4O. The van der Waals surface area contributed by atoms with Gasteiger partial charge in [-0.15, -0.1) is 0 Å². The summed E-state index contributed by atoms with van der Waals surface area (Å²) in [6.45, 7) is 0.284. The summed E-state index contributed by atoms with van der Waals surface area (Å²) in [4.78, 5) is 15.5. The molecule has 5 nitrogen and oxygen atoms in total. The van der Waals surface area contributed by atoms with Crippen LogP contribution < -0.4 is 5.32 Å². The van der Waals surface area contributed by atoms with Crippen LogP contribution in [0, 0.1) is 0 Å². The van der Waals surface area contributed by atoms with E-state index < -0.39 is 0 Å². The maximum absolute atomic E-state index is 11.6. The molecule has 1 heterocycles. The molecule has 1 aromatic heterocycles. The van der Waals surface area contributed by atoms with Gasteiger partial charge in [0, 0.05) is 6.08 Å². The number of carbonyl (C=O) groups is 1. The van der Waals surface area contributed by atoms with E-state index in [-0.39, 0.29) is 12.5 Å². The van der Waals surface area contributed by atoms with E-state index in [1.807, 2.05) is 0 Å². The highest BCUT2D eigenvalue weighted by molar-refractivity contribution is 6.42. The van der Waals surface area contributed by atoms with Gasteiger partial charge in [-0.05, 0) is 17.7 Å². The standard InChI is InChI=1S/C12H10Cl2N4O/c13-9-3-1-2-8(12(9)14)4-5-11(19)15-6-10-16-7-17-18-10/h1-5,7H,6H2,(H,15,19)(H,16,17,18)/b5-4+. The highest BCUT2D eigenvalue weighted by Gasteiger charge is 2.02. The number of halogens is 2. The summed E-state index contributed by atoms with van der Waals surface area (Å²) < 4.78 is 0. The van der Waals surface area contributed by atoms with Crippen LogP contribution in [0.4, 0.5) is 0 Å². The Kier molecular flexibility index (Phi) is 4.54. The lowest BCUT2D eigenvalue weighted by Crippen LogP contribution is -2.20. The van der Waals surface area contributed by atoms with Crippen molar-refractivity contribution in [2.45, 2.75) is 6.54 Å². The Morgan fingerprint density at radius 3 is 3.00 bits per heavy atom. The summed E-state index contributed by atoms with van der Waals surface area (Å²) in [5.41, 5.74) is 0.684. The van der Waals surface area contributed by atoms with E-state index in [9.17, 15) is 4.79 Å². The van der Waals surface area contributed by atoms with Crippen molar-refractivity contribution in [3.63, 3.8) is 0 Å². The molecule has 0 unspecified atom stereocenters. The van der Waals surface area contributed by atoms with Crippen molar-refractivity contribution in [1.29, 1.82) is 0 Å². The molecule has 2 N–H and O–H groups in total. The van der Waals surface area contributed by atoms with E-state index in [0.29, 0.717) is 21.4 Å². The second-order valence-electron chi connectivity index (χ2n) is 3.63. The van der Waals surface area contributed by atoms with Crippen LogP contribution in [0.25, 0.3) is 6.08 Å². The Hall–Kier alpha value is -1.85. The quantitative estimate of drug-likeness (QED) is 0.851. The van der Waals surface area contributed by atoms with Gasteiger partial charge in [0.25, 0.3) is 0 Å². The van der Waals surface area contributed by atoms with Gasteiger partial charge < -0.3 is 5.32 Å². The van der Waals surface area contributed by atoms with Crippen molar-refractivity contribution in [2.75, 3.05) is 0 Å². The van der Waals surface area contributed by atoms with Crippen LogP contribution >= 0.6 is 23.2 Å². The van der Waals surface area contributed by atoms with Gasteiger partial charge in [0.2, 0.25) is 5.91 Å². The molecule has 2 aromatic rings. The summed E-state index contributed by atoms with van der Waals surface area (Å²) in [6, 6.07) is 5.22. The topological polar surface area (TPSA) is 70.7 Å². The number of benzene rings is 1. The van der Waals surface area contributed by atoms with Crippen LogP contribution in [0.15, 0.2) is 30.6 Å². The van der Waals surface area contributed by atoms with Crippen LogP contribution in [0.3, 0.4) is 0 Å². The van der Waals surface area contributed by atoms with Crippen molar-refractivity contribution < 1.29 is 4.79 Å². The molecule has 0 aliphatic carbocycles. The number of amides is 1. The molecule has 1 amide bonds. The number of nitrogens with one attached hydrogen (secondary N) is 2. The first-order valence-corrected chi connectivity index (χ1v) is 6.16. The van der Waals surface area contributed by atoms with Crippen LogP contribution in [0.1, 0.15) is 11.4 Å². The predicted molar refractivity (Wildman–Crippen MR) is 73.7 cm³/mol. The van der Waals surface area contributed by atoms with E-state index in [1.165, 1.54) is 12.4 Å². The fourth-order valence-electron chi connectivity index (χ4n) is 1.36. The molecule has 0 aliphatic heterocycles. The first-order chi connectivity index (χ1) is 9.16. The summed E-state index contributed by atoms with van der Waals surface area (Å²) in [5.74, 6) is 0.329. The molecule has 0 aliphatic rings. The number of rotatable bonds is 4. The minimum absolute atomic E-state index is 0.257. The van der Waals surface area contributed by atoms with E-state index in [4.69, 9.17) is 23.2 Å². The number of hydrogen-bond acceptors (Lipinski definition) is 3. The number of H-pyrrole nitrogens is 1. The molecule has 19 heavy (non-hydrogen) atoms. The average Bonchev–Trinajstić information content (AvgIpc) is 2.91. The molecule has 98 valence electrons. The van der Waals surface area contributed by atoms with Crippen molar-refractivity contribution in [3.05, 3.63) is 52.0 Å². The number of hydrogen-bond donors (Lipinski definition) is 2. The Bertz CT molecular complexity index is 596. The molecule has 0 radical (unpaired) electrons. The summed E-state index contributed by atoms with van der Waals surface area (Å²) >= 11 is 11.9. The molecule has 7 heteroatoms. The maximum atomic E-state index is 11.6. The number of aromatic amines is 1. The largest absolute Gasteiger partial charge is 0.345 e. The lowest BCUT2D eigenvalue weighted by atomic mass is 10.2. The van der Waals surface area contributed by atoms with Crippen molar-refractivity contribution in [1.82, 2.24) is 20.5 Å². The van der Waals surface area contributed by atoms with E-state index >= 15 is 0 Å². The zero-order valence-electron chi connectivity index (χ0n) is 9.73. The third-order valence-corrected chi connectivity index (χ3v) is 3.12. The molecule has 0 spiro atoms. The molecule has 2 rings (SSSR count). The second-order valence-corrected chi connectivity index (χ2v) is 4.41. The molecule has 0 saturated heterocycles. The SMILES string of the molecule is O=C(/C=C/c1cccc(Cl)c1Cl)NCc1ncn[nH]1. The van der Waals surface area contributed by atoms with E-state index in [1.54, 1.807) is 24.3 Å². The average molecular weight is 297 g/mol. The smallest absolute Gasteiger partial charge is 0.244 e. The van der Waals surface area contributed by atoms with Crippen molar-refractivity contribution in [2.24, 2.45) is 0 Å². The number of carbonyl (C=O) groups excluding carboxylic acids is 1. The van der Waals surface area contributed by atoms with Crippen LogP contribution in [0.5, 0.6) is 0 Å². The monoisotopic (exact) mass is 296 g/mol. The summed E-state index contributed by atoms with van der Waals surface area (Å²) in [5, 5.41) is 9.85. The highest BCUT2D eigenvalue weighted by atomic mass is 35.5. The first-order valence-electron chi connectivity index (χ1n) is 5.41. The third-order valence-electron chi connectivity index (χ3n) is 2.29. The van der Waals surface area contributed by atoms with Gasteiger partial charge in [-0.1, -0.05) is 35.3 Å². The van der Waals surface area contributed by atoms with E-state index in [2.05, 4.69) is 20.5 Å². The van der Waals surface area contributed by atoms with Crippen molar-refractivity contribution in [3.8, 4) is 0 Å². The van der Waals surface area contributed by atoms with Gasteiger partial charge >= 0.3 is 0 Å². The molecule has 1 aromatic carbocycles. The summed E-state index contributed by atoms with van der Waals surface area (Å²) in [6.07, 6.45) is 4.36. The zero-order chi connectivity index (χ0) is 13.7. The lowest BCUT2D eigenvalue weighted by Gasteiger charge is -2.00. The van der Waals surface area contributed by atoms with Crippen LogP contribution in [-0.4, -0.2) is 21.1 Å². The molecule has 0 atom stereocenters. The molecule has 0 saturated carbocycles. The van der Waals surface area contributed by atoms with Crippen molar-refractivity contribution >= 4 is 35.2 Å². The maximum Gasteiger partial charge on any atom is 0.244 e. The van der Waals surface area contributed by atoms with E-state index in [0.717, 1.165) is 0 Å². The fourth-order valence-corrected chi connectivity index (χ4v) is 1.73. The number of nitrogens with zero attached hydrogens (tertiary/aromatic N) is 2. The third kappa shape index (κ3) is 3.81. The van der Waals surface area contributed by atoms with Gasteiger partial charge in [-0.3, -0.25) is 9.89 Å². The van der Waals surface area contributed by atoms with Gasteiger partial charge in [-0.2, -0.15) is 5.10 Å². The lowest BCUT2D eigenvalue weighted by molar-refractivity contribution is -0.116. The Morgan fingerprint density at radius 2 is 2.26 bits per heavy atom. The van der Waals surface area contributed by atoms with Gasteiger partial charge in [0.05, 0.1) is 16.6 Å². The minimum Gasteiger partial charge on any atom is -0.345 e. The first kappa shape index (κ1) is 13.6. The van der Waals surface area contributed by atoms with Crippen LogP contribution in [-0.2, 0) is 11.3 Å². The molecule has 0 fully saturated rings. The predicted octanol–water partition coefficient (Wildman–Crippen LogP) is 2.44. The second kappa shape index (κ2) is 6.36. The Morgan fingerprint density at radius 1 is 1.42 bits per heavy atom. The van der Waals surface area contributed by atoms with Gasteiger partial charge in [0.1, 0.15) is 12.2 Å². The normalized spacial score (nSPS) is 10.8. The molecule has 0 bridgehead atoms. The highest BCUT2D eigenvalue weighted by Crippen LogP contribution is 2.26. The Labute approximate surface area is 119 Å². The minimum atomic E-state index is -0.257. The summed E-state index contributed by atoms with van der Waals surface area (Å²) in [7, 11) is 0. The fraction of sp³-hybridized carbons (Fsp3) is 0.0833. The van der Waals surface area contributed by atoms with Gasteiger partial charge in [0.15, 0.2) is 0 Å².